The fourth-order valence-electron chi connectivity index (χ4n) is 5.28. The second kappa shape index (κ2) is 19.7. The molecule has 0 fully saturated rings. The summed E-state index contributed by atoms with van der Waals surface area (Å²) in [5.41, 5.74) is 2.44. The molecule has 14 heteroatoms. The molecule has 56 heavy (non-hydrogen) atoms. The van der Waals surface area contributed by atoms with Crippen LogP contribution in [0.2, 0.25) is 0 Å². The highest BCUT2D eigenvalue weighted by atomic mass is 16.6. The number of hydrogen-bond acceptors (Lipinski definition) is 14. The summed E-state index contributed by atoms with van der Waals surface area (Å²) >= 11 is 0. The zero-order chi connectivity index (χ0) is 39.9. The van der Waals surface area contributed by atoms with Gasteiger partial charge in [0.1, 0.15) is 37.5 Å². The van der Waals surface area contributed by atoms with Crippen molar-refractivity contribution in [1.82, 2.24) is 9.97 Å². The number of nitrogens with zero attached hydrogens (tertiary/aromatic N) is 2. The normalized spacial score (nSPS) is 10.6. The van der Waals surface area contributed by atoms with Crippen molar-refractivity contribution >= 4 is 57.6 Å². The highest BCUT2D eigenvalue weighted by Gasteiger charge is 2.26. The van der Waals surface area contributed by atoms with Gasteiger partial charge in [-0.1, -0.05) is 98.1 Å². The molecule has 0 aliphatic carbocycles. The first-order chi connectivity index (χ1) is 27.2. The molecule has 4 aromatic carbocycles. The van der Waals surface area contributed by atoms with E-state index in [2.05, 4.69) is 13.2 Å². The van der Waals surface area contributed by atoms with E-state index in [1.807, 2.05) is 60.7 Å². The Kier molecular flexibility index (Phi) is 14.1. The molecule has 1 heterocycles. The van der Waals surface area contributed by atoms with Crippen molar-refractivity contribution in [1.29, 1.82) is 0 Å². The van der Waals surface area contributed by atoms with Crippen molar-refractivity contribution in [3.63, 3.8) is 0 Å². The van der Waals surface area contributed by atoms with Crippen LogP contribution in [0.3, 0.4) is 0 Å². The van der Waals surface area contributed by atoms with Crippen LogP contribution >= 0.6 is 0 Å². The maximum Gasteiger partial charge on any atom is 0.330 e. The third kappa shape index (κ3) is 10.7. The molecule has 0 aliphatic heterocycles. The predicted molar refractivity (Wildman–Crippen MR) is 202 cm³/mol. The highest BCUT2D eigenvalue weighted by molar-refractivity contribution is 6.11. The smallest absolute Gasteiger partial charge is 0.330 e. The van der Waals surface area contributed by atoms with Crippen LogP contribution in [-0.2, 0) is 47.7 Å². The van der Waals surface area contributed by atoms with Crippen molar-refractivity contribution in [2.45, 2.75) is 25.7 Å². The summed E-state index contributed by atoms with van der Waals surface area (Å²) in [4.78, 5) is 83.8. The Morgan fingerprint density at radius 1 is 0.464 bits per heavy atom. The number of fused-ring (bicyclic) bond motifs is 2. The Morgan fingerprint density at radius 3 is 1.18 bits per heavy atom. The summed E-state index contributed by atoms with van der Waals surface area (Å²) in [6.07, 6.45) is 0.557. The molecule has 0 unspecified atom stereocenters. The van der Waals surface area contributed by atoms with E-state index in [1.165, 1.54) is 0 Å². The monoisotopic (exact) mass is 760 g/mol. The van der Waals surface area contributed by atoms with Crippen molar-refractivity contribution in [3.05, 3.63) is 110 Å². The topological polar surface area (TPSA) is 184 Å². The van der Waals surface area contributed by atoms with Crippen LogP contribution in [0.25, 0.3) is 44.3 Å². The summed E-state index contributed by atoms with van der Waals surface area (Å²) in [5, 5.41) is 0.689. The maximum absolute atomic E-state index is 13.3. The molecule has 0 bridgehead atoms. The molecule has 14 nitrogen and oxygen atoms in total. The van der Waals surface area contributed by atoms with Gasteiger partial charge in [0.05, 0.1) is 37.1 Å². The number of hydrogen-bond donors (Lipinski definition) is 0. The molecule has 5 rings (SSSR count). The van der Waals surface area contributed by atoms with Gasteiger partial charge in [0.15, 0.2) is 11.5 Å². The molecular weight excluding hydrogens is 724 g/mol. The SMILES string of the molecule is C=CC(=O)OCCOC(=O)CCC(=O)Oc1c2ccccc2c(OC(=O)CCC(=O)OCCOC(=O)C=C)c2nc(-c3ccccc3)c(-c3ccccc3)nc12. The van der Waals surface area contributed by atoms with E-state index in [4.69, 9.17) is 38.4 Å². The largest absolute Gasteiger partial charge is 0.462 e. The number of aromatic nitrogens is 2. The van der Waals surface area contributed by atoms with Gasteiger partial charge in [0, 0.05) is 34.1 Å². The Morgan fingerprint density at radius 2 is 0.804 bits per heavy atom. The lowest BCUT2D eigenvalue weighted by molar-refractivity contribution is -0.151. The highest BCUT2D eigenvalue weighted by Crippen LogP contribution is 2.44. The molecule has 1 aromatic heterocycles. The lowest BCUT2D eigenvalue weighted by Crippen LogP contribution is -2.16. The van der Waals surface area contributed by atoms with E-state index in [9.17, 15) is 28.8 Å². The van der Waals surface area contributed by atoms with Gasteiger partial charge in [-0.2, -0.15) is 0 Å². The van der Waals surface area contributed by atoms with E-state index in [0.29, 0.717) is 33.3 Å². The molecular formula is C42H36N2O12. The van der Waals surface area contributed by atoms with E-state index in [0.717, 1.165) is 12.2 Å². The second-order valence-corrected chi connectivity index (χ2v) is 11.7. The summed E-state index contributed by atoms with van der Waals surface area (Å²) in [6, 6.07) is 25.2. The number of rotatable bonds is 18. The number of esters is 6. The van der Waals surface area contributed by atoms with Crippen LogP contribution in [-0.4, -0.2) is 72.2 Å². The van der Waals surface area contributed by atoms with Crippen LogP contribution in [0, 0.1) is 0 Å². The van der Waals surface area contributed by atoms with Crippen LogP contribution in [0.1, 0.15) is 25.7 Å². The number of carbonyl (C=O) groups is 6. The minimum absolute atomic E-state index is 0.00938. The van der Waals surface area contributed by atoms with Crippen molar-refractivity contribution in [3.8, 4) is 34.0 Å². The molecule has 0 spiro atoms. The molecule has 0 atom stereocenters. The molecule has 0 radical (unpaired) electrons. The first kappa shape index (κ1) is 40.0. The van der Waals surface area contributed by atoms with Crippen LogP contribution in [0.5, 0.6) is 11.5 Å². The van der Waals surface area contributed by atoms with E-state index in [1.54, 1.807) is 24.3 Å². The molecule has 0 N–H and O–H groups in total. The Bertz CT molecular complexity index is 2110. The van der Waals surface area contributed by atoms with E-state index < -0.39 is 35.8 Å². The quantitative estimate of drug-likeness (QED) is 0.0252. The summed E-state index contributed by atoms with van der Waals surface area (Å²) in [6.45, 7) is 5.80. The van der Waals surface area contributed by atoms with Gasteiger partial charge in [0.25, 0.3) is 0 Å². The van der Waals surface area contributed by atoms with Crippen molar-refractivity contribution < 1.29 is 57.2 Å². The van der Waals surface area contributed by atoms with E-state index >= 15 is 0 Å². The third-order valence-corrected chi connectivity index (χ3v) is 7.85. The van der Waals surface area contributed by atoms with Crippen molar-refractivity contribution in [2.75, 3.05) is 26.4 Å². The van der Waals surface area contributed by atoms with Gasteiger partial charge in [-0.25, -0.2) is 19.6 Å². The summed E-state index contributed by atoms with van der Waals surface area (Å²) < 4.78 is 31.5. The average molecular weight is 761 g/mol. The minimum Gasteiger partial charge on any atom is -0.462 e. The molecule has 5 aromatic rings. The van der Waals surface area contributed by atoms with Crippen LogP contribution in [0.4, 0.5) is 0 Å². The average Bonchev–Trinajstić information content (AvgIpc) is 3.23. The molecule has 0 amide bonds. The van der Waals surface area contributed by atoms with Gasteiger partial charge in [0.2, 0.25) is 0 Å². The number of carbonyl (C=O) groups excluding carboxylic acids is 6. The zero-order valence-electron chi connectivity index (χ0n) is 30.1. The summed E-state index contributed by atoms with van der Waals surface area (Å²) in [5.74, 6) is -4.32. The van der Waals surface area contributed by atoms with Gasteiger partial charge in [-0.05, 0) is 0 Å². The lowest BCUT2D eigenvalue weighted by atomic mass is 10.0. The van der Waals surface area contributed by atoms with Crippen molar-refractivity contribution in [2.24, 2.45) is 0 Å². The first-order valence-electron chi connectivity index (χ1n) is 17.4. The Labute approximate surface area is 320 Å². The van der Waals surface area contributed by atoms with Gasteiger partial charge in [-0.3, -0.25) is 19.2 Å². The predicted octanol–water partition coefficient (Wildman–Crippen LogP) is 6.03. The fourth-order valence-corrected chi connectivity index (χ4v) is 5.28. The lowest BCUT2D eigenvalue weighted by Gasteiger charge is -2.18. The first-order valence-corrected chi connectivity index (χ1v) is 17.4. The second-order valence-electron chi connectivity index (χ2n) is 11.7. The minimum atomic E-state index is -0.788. The van der Waals surface area contributed by atoms with Crippen LogP contribution < -0.4 is 9.47 Å². The maximum atomic E-state index is 13.3. The summed E-state index contributed by atoms with van der Waals surface area (Å²) in [7, 11) is 0. The number of ether oxygens (including phenoxy) is 6. The standard InChI is InChI=1S/C42H36N2O12/c1-3-31(45)51-23-25-53-33(47)19-21-35(49)55-41-29-17-11-12-18-30(29)42(56-36(50)22-20-34(48)54-26-24-52-32(46)4-2)40-39(41)43-37(27-13-7-5-8-14-27)38(44-40)28-15-9-6-10-16-28/h3-18H,1-2,19-26H2. The Hall–Kier alpha value is -7.22. The molecule has 0 aliphatic rings. The zero-order valence-corrected chi connectivity index (χ0v) is 30.1. The molecule has 0 saturated carbocycles. The van der Waals surface area contributed by atoms with Gasteiger partial charge in [-0.15, -0.1) is 0 Å². The molecule has 0 saturated heterocycles. The fraction of sp³-hybridized carbons (Fsp3) is 0.190. The number of benzene rings is 4. The molecule has 286 valence electrons. The third-order valence-electron chi connectivity index (χ3n) is 7.85. The van der Waals surface area contributed by atoms with Gasteiger partial charge < -0.3 is 28.4 Å². The van der Waals surface area contributed by atoms with E-state index in [-0.39, 0.29) is 74.6 Å². The van der Waals surface area contributed by atoms with Gasteiger partial charge >= 0.3 is 35.8 Å². The Balaban J connectivity index is 1.50. The van der Waals surface area contributed by atoms with Crippen LogP contribution in [0.15, 0.2) is 110 Å².